The van der Waals surface area contributed by atoms with Gasteiger partial charge in [-0.2, -0.15) is 0 Å². The maximum Gasteiger partial charge on any atom is 0.221 e. The highest BCUT2D eigenvalue weighted by molar-refractivity contribution is 7.91. The van der Waals surface area contributed by atoms with Crippen LogP contribution in [0.4, 0.5) is 0 Å². The van der Waals surface area contributed by atoms with Gasteiger partial charge in [0, 0.05) is 26.1 Å². The van der Waals surface area contributed by atoms with Gasteiger partial charge >= 0.3 is 0 Å². The van der Waals surface area contributed by atoms with Crippen LogP contribution in [0.25, 0.3) is 0 Å². The molecule has 1 fully saturated rings. The van der Waals surface area contributed by atoms with Crippen molar-refractivity contribution in [1.82, 2.24) is 10.2 Å². The lowest BCUT2D eigenvalue weighted by molar-refractivity contribution is -0.120. The predicted octanol–water partition coefficient (Wildman–Crippen LogP) is 3.80. The van der Waals surface area contributed by atoms with E-state index in [0.29, 0.717) is 22.5 Å². The highest BCUT2D eigenvalue weighted by Crippen LogP contribution is 2.25. The van der Waals surface area contributed by atoms with Crippen LogP contribution in [0.15, 0.2) is 53.4 Å². The molecule has 0 spiro atoms. The van der Waals surface area contributed by atoms with Crippen molar-refractivity contribution in [3.05, 3.63) is 64.1 Å². The number of nitrogens with one attached hydrogen (secondary N) is 1. The van der Waals surface area contributed by atoms with E-state index in [4.69, 9.17) is 23.2 Å². The van der Waals surface area contributed by atoms with E-state index in [1.807, 2.05) is 12.1 Å². The topological polar surface area (TPSA) is 66.5 Å². The van der Waals surface area contributed by atoms with Gasteiger partial charge < -0.3 is 5.32 Å². The highest BCUT2D eigenvalue weighted by Gasteiger charge is 2.23. The summed E-state index contributed by atoms with van der Waals surface area (Å²) in [7, 11) is -3.43. The molecule has 1 aliphatic heterocycles. The Morgan fingerprint density at radius 1 is 1.10 bits per heavy atom. The summed E-state index contributed by atoms with van der Waals surface area (Å²) in [4.78, 5) is 14.7. The van der Waals surface area contributed by atoms with Crippen molar-refractivity contribution in [2.75, 3.05) is 25.4 Å². The Balaban J connectivity index is 1.40. The first kappa shape index (κ1) is 22.1. The Kier molecular flexibility index (Phi) is 7.57. The first-order chi connectivity index (χ1) is 13.8. The third-order valence-corrected chi connectivity index (χ3v) is 7.52. The van der Waals surface area contributed by atoms with E-state index in [1.54, 1.807) is 36.4 Å². The van der Waals surface area contributed by atoms with E-state index < -0.39 is 9.84 Å². The number of carbonyl (C=O) groups is 1. The van der Waals surface area contributed by atoms with Gasteiger partial charge in [-0.3, -0.25) is 9.69 Å². The molecule has 1 atom stereocenters. The zero-order valence-electron chi connectivity index (χ0n) is 16.0. The van der Waals surface area contributed by atoms with E-state index in [-0.39, 0.29) is 23.0 Å². The molecule has 2 aromatic rings. The summed E-state index contributed by atoms with van der Waals surface area (Å²) < 4.78 is 24.5. The summed E-state index contributed by atoms with van der Waals surface area (Å²) in [5.41, 5.74) is 1.11. The van der Waals surface area contributed by atoms with Gasteiger partial charge in [0.15, 0.2) is 9.84 Å². The van der Waals surface area contributed by atoms with Crippen molar-refractivity contribution < 1.29 is 13.2 Å². The number of benzene rings is 2. The zero-order valence-corrected chi connectivity index (χ0v) is 18.3. The quantitative estimate of drug-likeness (QED) is 0.658. The van der Waals surface area contributed by atoms with E-state index in [9.17, 15) is 13.2 Å². The second-order valence-corrected chi connectivity index (χ2v) is 10.2. The summed E-state index contributed by atoms with van der Waals surface area (Å²) >= 11 is 12.0. The maximum atomic E-state index is 12.3. The number of hydrogen-bond donors (Lipinski definition) is 1. The molecule has 0 aromatic heterocycles. The lowest BCUT2D eigenvalue weighted by Gasteiger charge is -2.17. The third kappa shape index (κ3) is 6.44. The predicted molar refractivity (Wildman–Crippen MR) is 116 cm³/mol. The van der Waals surface area contributed by atoms with Crippen LogP contribution in [-0.2, 0) is 21.2 Å². The summed E-state index contributed by atoms with van der Waals surface area (Å²) in [6.45, 7) is 3.17. The summed E-state index contributed by atoms with van der Waals surface area (Å²) in [6.07, 6.45) is 0.959. The average Bonchev–Trinajstić information content (AvgIpc) is 3.16. The number of halogens is 2. The molecule has 1 heterocycles. The van der Waals surface area contributed by atoms with Gasteiger partial charge in [-0.05, 0) is 48.7 Å². The van der Waals surface area contributed by atoms with Gasteiger partial charge in [0.1, 0.15) is 0 Å². The smallest absolute Gasteiger partial charge is 0.221 e. The Morgan fingerprint density at radius 3 is 2.59 bits per heavy atom. The molecule has 1 saturated heterocycles. The van der Waals surface area contributed by atoms with Crippen LogP contribution in [0, 0.1) is 5.92 Å². The fourth-order valence-electron chi connectivity index (χ4n) is 3.44. The van der Waals surface area contributed by atoms with Crippen molar-refractivity contribution in [3.63, 3.8) is 0 Å². The van der Waals surface area contributed by atoms with Crippen LogP contribution < -0.4 is 5.32 Å². The summed E-state index contributed by atoms with van der Waals surface area (Å²) in [5.74, 6) is -0.0587. The minimum Gasteiger partial charge on any atom is -0.356 e. The van der Waals surface area contributed by atoms with Gasteiger partial charge in [0.2, 0.25) is 5.91 Å². The molecular weight excluding hydrogens is 431 g/mol. The SMILES string of the molecule is O=C(CCS(=O)(=O)c1ccccc1)NCC1CCN(Cc2ccc(Cl)c(Cl)c2)C1. The van der Waals surface area contributed by atoms with E-state index in [2.05, 4.69) is 10.2 Å². The van der Waals surface area contributed by atoms with Crippen molar-refractivity contribution in [2.45, 2.75) is 24.3 Å². The molecule has 0 aliphatic carbocycles. The maximum absolute atomic E-state index is 12.3. The third-order valence-electron chi connectivity index (χ3n) is 5.05. The molecule has 0 radical (unpaired) electrons. The van der Waals surface area contributed by atoms with Crippen molar-refractivity contribution in [1.29, 1.82) is 0 Å². The molecular formula is C21H24Cl2N2O3S. The standard InChI is InChI=1S/C21H24Cl2N2O3S/c22-19-7-6-16(12-20(19)23)14-25-10-8-17(15-25)13-24-21(26)9-11-29(27,28)18-4-2-1-3-5-18/h1-7,12,17H,8-11,13-15H2,(H,24,26). The van der Waals surface area contributed by atoms with Crippen LogP contribution in [0.5, 0.6) is 0 Å². The van der Waals surface area contributed by atoms with Crippen LogP contribution in [0.1, 0.15) is 18.4 Å². The summed E-state index contributed by atoms with van der Waals surface area (Å²) in [6, 6.07) is 13.9. The van der Waals surface area contributed by atoms with Gasteiger partial charge in [-0.15, -0.1) is 0 Å². The number of nitrogens with zero attached hydrogens (tertiary/aromatic N) is 1. The number of sulfone groups is 1. The lowest BCUT2D eigenvalue weighted by Crippen LogP contribution is -2.32. The van der Waals surface area contributed by atoms with E-state index in [1.165, 1.54) is 0 Å². The number of amides is 1. The number of likely N-dealkylation sites (tertiary alicyclic amines) is 1. The largest absolute Gasteiger partial charge is 0.356 e. The molecule has 1 unspecified atom stereocenters. The minimum absolute atomic E-state index is 0.0308. The second kappa shape index (κ2) is 9.94. The van der Waals surface area contributed by atoms with Gasteiger partial charge in [-0.1, -0.05) is 47.5 Å². The van der Waals surface area contributed by atoms with Crippen molar-refractivity contribution in [2.24, 2.45) is 5.92 Å². The molecule has 0 saturated carbocycles. The Labute approximate surface area is 181 Å². The van der Waals surface area contributed by atoms with Crippen molar-refractivity contribution >= 4 is 38.9 Å². The van der Waals surface area contributed by atoms with Gasteiger partial charge in [0.05, 0.1) is 20.7 Å². The van der Waals surface area contributed by atoms with Crippen LogP contribution in [0.2, 0.25) is 10.0 Å². The number of carbonyl (C=O) groups excluding carboxylic acids is 1. The lowest BCUT2D eigenvalue weighted by atomic mass is 10.1. The molecule has 1 amide bonds. The molecule has 1 N–H and O–H groups in total. The molecule has 156 valence electrons. The summed E-state index contributed by atoms with van der Waals surface area (Å²) in [5, 5.41) is 3.98. The molecule has 2 aromatic carbocycles. The second-order valence-electron chi connectivity index (χ2n) is 7.32. The van der Waals surface area contributed by atoms with Gasteiger partial charge in [0.25, 0.3) is 0 Å². The van der Waals surface area contributed by atoms with Gasteiger partial charge in [-0.25, -0.2) is 8.42 Å². The zero-order chi connectivity index (χ0) is 20.9. The average molecular weight is 455 g/mol. The first-order valence-corrected chi connectivity index (χ1v) is 11.9. The highest BCUT2D eigenvalue weighted by atomic mass is 35.5. The molecule has 5 nitrogen and oxygen atoms in total. The minimum atomic E-state index is -3.43. The molecule has 29 heavy (non-hydrogen) atoms. The Morgan fingerprint density at radius 2 is 1.86 bits per heavy atom. The fourth-order valence-corrected chi connectivity index (χ4v) is 5.02. The molecule has 0 bridgehead atoms. The first-order valence-electron chi connectivity index (χ1n) is 9.54. The van der Waals surface area contributed by atoms with E-state index in [0.717, 1.165) is 31.6 Å². The Bertz CT molecular complexity index is 952. The van der Waals surface area contributed by atoms with Crippen LogP contribution in [0.3, 0.4) is 0 Å². The number of rotatable bonds is 8. The Hall–Kier alpha value is -1.60. The molecule has 1 aliphatic rings. The molecule has 3 rings (SSSR count). The number of hydrogen-bond acceptors (Lipinski definition) is 4. The normalized spacial score (nSPS) is 17.4. The van der Waals surface area contributed by atoms with Crippen LogP contribution in [-0.4, -0.2) is 44.6 Å². The fraction of sp³-hybridized carbons (Fsp3) is 0.381. The van der Waals surface area contributed by atoms with E-state index >= 15 is 0 Å². The monoisotopic (exact) mass is 454 g/mol. The molecule has 8 heteroatoms. The van der Waals surface area contributed by atoms with Crippen LogP contribution >= 0.6 is 23.2 Å². The van der Waals surface area contributed by atoms with Crippen molar-refractivity contribution in [3.8, 4) is 0 Å².